The van der Waals surface area contributed by atoms with Gasteiger partial charge in [0.05, 0.1) is 5.41 Å². The van der Waals surface area contributed by atoms with E-state index in [1.54, 1.807) is 0 Å². The van der Waals surface area contributed by atoms with E-state index in [1.807, 2.05) is 25.1 Å². The Morgan fingerprint density at radius 1 is 1.24 bits per heavy atom. The molecule has 0 spiro atoms. The minimum atomic E-state index is -0.252. The summed E-state index contributed by atoms with van der Waals surface area (Å²) in [5, 5.41) is 7.05. The predicted molar refractivity (Wildman–Crippen MR) is 67.0 cm³/mol. The highest BCUT2D eigenvalue weighted by atomic mass is 16.5. The zero-order chi connectivity index (χ0) is 12.3. The summed E-state index contributed by atoms with van der Waals surface area (Å²) in [6, 6.07) is 10.7. The molecule has 0 fully saturated rings. The van der Waals surface area contributed by atoms with Gasteiger partial charge >= 0.3 is 6.01 Å². The van der Waals surface area contributed by atoms with E-state index in [-0.39, 0.29) is 5.41 Å². The lowest BCUT2D eigenvalue weighted by atomic mass is 9.84. The zero-order valence-corrected chi connectivity index (χ0v) is 10.4. The van der Waals surface area contributed by atoms with Crippen LogP contribution in [0.1, 0.15) is 32.2 Å². The lowest BCUT2D eigenvalue weighted by molar-refractivity contribution is 0.408. The van der Waals surface area contributed by atoms with Crippen LogP contribution in [0.3, 0.4) is 0 Å². The first-order valence-electron chi connectivity index (χ1n) is 5.78. The quantitative estimate of drug-likeness (QED) is 0.879. The van der Waals surface area contributed by atoms with Crippen LogP contribution < -0.4 is 5.32 Å². The molecule has 0 saturated heterocycles. The van der Waals surface area contributed by atoms with E-state index in [4.69, 9.17) is 4.52 Å². The monoisotopic (exact) mass is 231 g/mol. The van der Waals surface area contributed by atoms with Gasteiger partial charge in [-0.3, -0.25) is 0 Å². The van der Waals surface area contributed by atoms with Crippen molar-refractivity contribution in [1.29, 1.82) is 0 Å². The van der Waals surface area contributed by atoms with E-state index < -0.39 is 0 Å². The molecule has 0 unspecified atom stereocenters. The van der Waals surface area contributed by atoms with Gasteiger partial charge in [0.1, 0.15) is 0 Å². The van der Waals surface area contributed by atoms with Crippen LogP contribution in [0.5, 0.6) is 0 Å². The summed E-state index contributed by atoms with van der Waals surface area (Å²) >= 11 is 0. The predicted octanol–water partition coefficient (Wildman–Crippen LogP) is 2.83. The van der Waals surface area contributed by atoms with Crippen LogP contribution in [-0.2, 0) is 5.41 Å². The summed E-state index contributed by atoms with van der Waals surface area (Å²) < 4.78 is 5.14. The van der Waals surface area contributed by atoms with E-state index >= 15 is 0 Å². The van der Waals surface area contributed by atoms with Gasteiger partial charge < -0.3 is 9.84 Å². The molecule has 0 atom stereocenters. The summed E-state index contributed by atoms with van der Waals surface area (Å²) in [7, 11) is 0. The molecule has 17 heavy (non-hydrogen) atoms. The Labute approximate surface area is 101 Å². The van der Waals surface area contributed by atoms with Gasteiger partial charge in [-0.2, -0.15) is 4.98 Å². The second-order valence-electron chi connectivity index (χ2n) is 4.44. The fraction of sp³-hybridized carbons (Fsp3) is 0.385. The highest BCUT2D eigenvalue weighted by Crippen LogP contribution is 2.29. The Balaban J connectivity index is 2.31. The second kappa shape index (κ2) is 4.57. The number of anilines is 1. The Kier molecular flexibility index (Phi) is 3.13. The van der Waals surface area contributed by atoms with Gasteiger partial charge in [0.15, 0.2) is 5.82 Å². The van der Waals surface area contributed by atoms with Gasteiger partial charge in [0, 0.05) is 6.54 Å². The summed E-state index contributed by atoms with van der Waals surface area (Å²) in [6.45, 7) is 6.94. The summed E-state index contributed by atoms with van der Waals surface area (Å²) in [5.41, 5.74) is 0.919. The molecule has 0 aliphatic rings. The fourth-order valence-electron chi connectivity index (χ4n) is 1.68. The molecule has 1 aromatic carbocycles. The van der Waals surface area contributed by atoms with Crippen LogP contribution in [0.2, 0.25) is 0 Å². The SMILES string of the molecule is CCNc1nc(C(C)(C)c2ccccc2)no1. The lowest BCUT2D eigenvalue weighted by Gasteiger charge is -2.20. The first kappa shape index (κ1) is 11.6. The first-order chi connectivity index (χ1) is 8.14. The van der Waals surface area contributed by atoms with E-state index in [1.165, 1.54) is 5.56 Å². The van der Waals surface area contributed by atoms with Gasteiger partial charge in [-0.25, -0.2) is 0 Å². The van der Waals surface area contributed by atoms with Crippen LogP contribution >= 0.6 is 0 Å². The molecule has 0 aliphatic heterocycles. The Morgan fingerprint density at radius 2 is 1.94 bits per heavy atom. The number of hydrogen-bond donors (Lipinski definition) is 1. The number of nitrogens with one attached hydrogen (secondary N) is 1. The molecular weight excluding hydrogens is 214 g/mol. The van der Waals surface area contributed by atoms with Crippen LogP contribution in [0.4, 0.5) is 6.01 Å². The molecule has 0 radical (unpaired) electrons. The third-order valence-electron chi connectivity index (χ3n) is 2.81. The van der Waals surface area contributed by atoms with Crippen molar-refractivity contribution in [2.24, 2.45) is 0 Å². The van der Waals surface area contributed by atoms with Crippen molar-refractivity contribution < 1.29 is 4.52 Å². The molecule has 1 N–H and O–H groups in total. The number of aromatic nitrogens is 2. The van der Waals surface area contributed by atoms with E-state index in [0.29, 0.717) is 11.8 Å². The normalized spacial score (nSPS) is 11.5. The molecule has 1 heterocycles. The Morgan fingerprint density at radius 3 is 2.59 bits per heavy atom. The number of rotatable bonds is 4. The van der Waals surface area contributed by atoms with Crippen molar-refractivity contribution in [1.82, 2.24) is 10.1 Å². The third-order valence-corrected chi connectivity index (χ3v) is 2.81. The van der Waals surface area contributed by atoms with Crippen molar-refractivity contribution in [3.63, 3.8) is 0 Å². The lowest BCUT2D eigenvalue weighted by Crippen LogP contribution is -2.20. The van der Waals surface area contributed by atoms with Crippen molar-refractivity contribution >= 4 is 6.01 Å². The highest BCUT2D eigenvalue weighted by Gasteiger charge is 2.28. The fourth-order valence-corrected chi connectivity index (χ4v) is 1.68. The Bertz CT molecular complexity index is 476. The van der Waals surface area contributed by atoms with Gasteiger partial charge in [0.25, 0.3) is 0 Å². The van der Waals surface area contributed by atoms with Gasteiger partial charge in [-0.1, -0.05) is 35.5 Å². The van der Waals surface area contributed by atoms with E-state index in [9.17, 15) is 0 Å². The van der Waals surface area contributed by atoms with Crippen molar-refractivity contribution in [2.45, 2.75) is 26.2 Å². The minimum Gasteiger partial charge on any atom is -0.338 e. The summed E-state index contributed by atoms with van der Waals surface area (Å²) in [5.74, 6) is 0.694. The first-order valence-corrected chi connectivity index (χ1v) is 5.78. The second-order valence-corrected chi connectivity index (χ2v) is 4.44. The van der Waals surface area contributed by atoms with Crippen LogP contribution in [-0.4, -0.2) is 16.7 Å². The molecule has 1 aromatic heterocycles. The van der Waals surface area contributed by atoms with Crippen LogP contribution in [0, 0.1) is 0 Å². The van der Waals surface area contributed by atoms with Gasteiger partial charge in [-0.05, 0) is 26.3 Å². The number of hydrogen-bond acceptors (Lipinski definition) is 4. The molecule has 0 amide bonds. The van der Waals surface area contributed by atoms with Crippen molar-refractivity contribution in [3.8, 4) is 0 Å². The van der Waals surface area contributed by atoms with Crippen LogP contribution in [0.15, 0.2) is 34.9 Å². The molecular formula is C13H17N3O. The van der Waals surface area contributed by atoms with E-state index in [2.05, 4.69) is 41.4 Å². The largest absolute Gasteiger partial charge is 0.338 e. The maximum atomic E-state index is 5.14. The molecule has 4 nitrogen and oxygen atoms in total. The molecule has 90 valence electrons. The molecule has 2 aromatic rings. The standard InChI is InChI=1S/C13H17N3O/c1-4-14-12-15-11(16-17-12)13(2,3)10-8-6-5-7-9-10/h5-9H,4H2,1-3H3,(H,14,15,16). The topological polar surface area (TPSA) is 51.0 Å². The highest BCUT2D eigenvalue weighted by molar-refractivity contribution is 5.32. The average Bonchev–Trinajstić information content (AvgIpc) is 2.80. The molecule has 2 rings (SSSR count). The molecule has 4 heteroatoms. The molecule has 0 bridgehead atoms. The molecule has 0 aliphatic carbocycles. The zero-order valence-electron chi connectivity index (χ0n) is 10.4. The molecule has 0 saturated carbocycles. The van der Waals surface area contributed by atoms with Gasteiger partial charge in [0.2, 0.25) is 0 Å². The summed E-state index contributed by atoms with van der Waals surface area (Å²) in [4.78, 5) is 4.36. The maximum absolute atomic E-state index is 5.14. The summed E-state index contributed by atoms with van der Waals surface area (Å²) in [6.07, 6.45) is 0. The van der Waals surface area contributed by atoms with Gasteiger partial charge in [-0.15, -0.1) is 0 Å². The number of nitrogens with zero attached hydrogens (tertiary/aromatic N) is 2. The average molecular weight is 231 g/mol. The van der Waals surface area contributed by atoms with Crippen molar-refractivity contribution in [2.75, 3.05) is 11.9 Å². The number of benzene rings is 1. The third kappa shape index (κ3) is 2.30. The minimum absolute atomic E-state index is 0.252. The van der Waals surface area contributed by atoms with E-state index in [0.717, 1.165) is 6.54 Å². The van der Waals surface area contributed by atoms with Crippen molar-refractivity contribution in [3.05, 3.63) is 41.7 Å². The van der Waals surface area contributed by atoms with Crippen LogP contribution in [0.25, 0.3) is 0 Å². The maximum Gasteiger partial charge on any atom is 0.321 e. The smallest absolute Gasteiger partial charge is 0.321 e. The Hall–Kier alpha value is -1.84.